The van der Waals surface area contributed by atoms with Gasteiger partial charge in [0, 0.05) is 65.6 Å². The lowest BCUT2D eigenvalue weighted by Gasteiger charge is -2.51. The molecule has 0 bridgehead atoms. The SMILES string of the molecule is CN1C/C(=C\c2ccccc2)C(=O)[C@]2(C1)[C@H](c1ccccc1)[C@@H]1CSCN1[C@@]21C(=O)Nc2ccc([N+](=O)[O-])cc21. The zero-order chi connectivity index (χ0) is 27.6. The number of benzene rings is 3. The number of amides is 1. The van der Waals surface area contributed by atoms with E-state index in [1.165, 1.54) is 12.1 Å². The maximum Gasteiger partial charge on any atom is 0.269 e. The van der Waals surface area contributed by atoms with E-state index in [9.17, 15) is 14.9 Å². The molecule has 4 aliphatic rings. The van der Waals surface area contributed by atoms with Crippen LogP contribution in [-0.4, -0.2) is 64.2 Å². The minimum atomic E-state index is -1.40. The molecule has 0 aliphatic carbocycles. The number of nitro benzene ring substituents is 1. The summed E-state index contributed by atoms with van der Waals surface area (Å²) in [6, 6.07) is 24.2. The minimum Gasteiger partial charge on any atom is -0.324 e. The molecule has 0 unspecified atom stereocenters. The van der Waals surface area contributed by atoms with Crippen LogP contribution in [0.25, 0.3) is 6.08 Å². The van der Waals surface area contributed by atoms with E-state index in [4.69, 9.17) is 0 Å². The van der Waals surface area contributed by atoms with E-state index in [1.54, 1.807) is 17.8 Å². The molecule has 2 spiro atoms. The van der Waals surface area contributed by atoms with Crippen LogP contribution in [0.4, 0.5) is 11.4 Å². The fraction of sp³-hybridized carbons (Fsp3) is 0.290. The van der Waals surface area contributed by atoms with Crippen molar-refractivity contribution < 1.29 is 14.5 Å². The number of likely N-dealkylation sites (tertiary alicyclic amines) is 1. The summed E-state index contributed by atoms with van der Waals surface area (Å²) >= 11 is 1.74. The van der Waals surface area contributed by atoms with Gasteiger partial charge in [-0.15, -0.1) is 11.8 Å². The molecule has 3 saturated heterocycles. The molecule has 4 heterocycles. The van der Waals surface area contributed by atoms with E-state index in [1.807, 2.05) is 61.7 Å². The molecule has 1 amide bonds. The van der Waals surface area contributed by atoms with Gasteiger partial charge in [0.1, 0.15) is 5.54 Å². The first kappa shape index (κ1) is 25.2. The number of Topliss-reactive ketones (excluding diaryl/α,β-unsaturated/α-hetero) is 1. The number of anilines is 1. The van der Waals surface area contributed by atoms with Crippen LogP contribution in [0.2, 0.25) is 0 Å². The van der Waals surface area contributed by atoms with Crippen LogP contribution >= 0.6 is 11.8 Å². The van der Waals surface area contributed by atoms with Crippen LogP contribution in [0.3, 0.4) is 0 Å². The highest BCUT2D eigenvalue weighted by atomic mass is 32.2. The Morgan fingerprint density at radius 3 is 2.50 bits per heavy atom. The molecule has 3 aromatic carbocycles. The second-order valence-corrected chi connectivity index (χ2v) is 12.1. The van der Waals surface area contributed by atoms with E-state index in [2.05, 4.69) is 27.2 Å². The average molecular weight is 553 g/mol. The summed E-state index contributed by atoms with van der Waals surface area (Å²) in [6.07, 6.45) is 1.94. The second kappa shape index (κ2) is 9.12. The topological polar surface area (TPSA) is 95.8 Å². The molecule has 3 aromatic rings. The third kappa shape index (κ3) is 3.28. The Balaban J connectivity index is 1.55. The summed E-state index contributed by atoms with van der Waals surface area (Å²) in [7, 11) is 1.99. The Hall–Kier alpha value is -3.79. The van der Waals surface area contributed by atoms with Gasteiger partial charge in [0.25, 0.3) is 11.6 Å². The zero-order valence-electron chi connectivity index (χ0n) is 21.9. The molecule has 8 nitrogen and oxygen atoms in total. The van der Waals surface area contributed by atoms with Crippen LogP contribution in [0.15, 0.2) is 84.4 Å². The van der Waals surface area contributed by atoms with Gasteiger partial charge in [-0.2, -0.15) is 0 Å². The van der Waals surface area contributed by atoms with Gasteiger partial charge < -0.3 is 10.2 Å². The van der Waals surface area contributed by atoms with E-state index < -0.39 is 15.9 Å². The minimum absolute atomic E-state index is 0.0581. The Kier molecular flexibility index (Phi) is 5.75. The van der Waals surface area contributed by atoms with E-state index >= 15 is 4.79 Å². The predicted molar refractivity (Wildman–Crippen MR) is 155 cm³/mol. The van der Waals surface area contributed by atoms with Crippen molar-refractivity contribution in [2.45, 2.75) is 17.5 Å². The number of carbonyl (C=O) groups is 2. The quantitative estimate of drug-likeness (QED) is 0.290. The van der Waals surface area contributed by atoms with Gasteiger partial charge in [0.05, 0.1) is 10.3 Å². The molecule has 7 rings (SSSR count). The fourth-order valence-electron chi connectivity index (χ4n) is 7.76. The Labute approximate surface area is 236 Å². The highest BCUT2D eigenvalue weighted by Crippen LogP contribution is 2.68. The first-order valence-electron chi connectivity index (χ1n) is 13.4. The number of likely N-dealkylation sites (N-methyl/N-ethyl adjacent to an activating group) is 1. The standard InChI is InChI=1S/C31H28N4O4S/c1-33-16-22(14-20-8-4-2-5-9-20)28(36)30(18-33)27(21-10-6-3-7-11-21)26-17-40-19-34(26)31(30)24-15-23(35(38)39)12-13-25(24)32-29(31)37/h2-15,26-27H,16-19H2,1H3,(H,32,37)/b22-14+/t26-,27+,30-,31-/m0/s1. The number of nitrogens with zero attached hydrogens (tertiary/aromatic N) is 3. The number of non-ortho nitro benzene ring substituents is 1. The normalized spacial score (nSPS) is 30.7. The molecule has 40 heavy (non-hydrogen) atoms. The summed E-state index contributed by atoms with van der Waals surface area (Å²) in [5, 5.41) is 15.0. The molecule has 0 radical (unpaired) electrons. The number of ketones is 1. The summed E-state index contributed by atoms with van der Waals surface area (Å²) in [4.78, 5) is 45.5. The lowest BCUT2D eigenvalue weighted by Crippen LogP contribution is -2.65. The van der Waals surface area contributed by atoms with Crippen LogP contribution in [-0.2, 0) is 15.1 Å². The Morgan fingerprint density at radius 2 is 1.77 bits per heavy atom. The second-order valence-electron chi connectivity index (χ2n) is 11.1. The van der Waals surface area contributed by atoms with Crippen molar-refractivity contribution in [2.24, 2.45) is 5.41 Å². The number of thioether (sulfide) groups is 1. The molecule has 1 N–H and O–H groups in total. The van der Waals surface area contributed by atoms with E-state index in [0.29, 0.717) is 35.8 Å². The number of fused-ring (bicyclic) bond motifs is 5. The van der Waals surface area contributed by atoms with Gasteiger partial charge in [0.2, 0.25) is 0 Å². The van der Waals surface area contributed by atoms with E-state index in [0.717, 1.165) is 16.9 Å². The number of hydrogen-bond donors (Lipinski definition) is 1. The molecule has 202 valence electrons. The summed E-state index contributed by atoms with van der Waals surface area (Å²) in [5.41, 5.74) is 0.930. The molecule has 4 aliphatic heterocycles. The number of hydrogen-bond acceptors (Lipinski definition) is 7. The van der Waals surface area contributed by atoms with Crippen LogP contribution in [0.1, 0.15) is 22.6 Å². The summed E-state index contributed by atoms with van der Waals surface area (Å²) in [6.45, 7) is 0.806. The first-order chi connectivity index (χ1) is 19.4. The van der Waals surface area contributed by atoms with Gasteiger partial charge in [0.15, 0.2) is 5.78 Å². The van der Waals surface area contributed by atoms with Crippen molar-refractivity contribution in [3.63, 3.8) is 0 Å². The number of nitro groups is 1. The van der Waals surface area contributed by atoms with Crippen molar-refractivity contribution in [3.8, 4) is 0 Å². The maximum absolute atomic E-state index is 15.2. The average Bonchev–Trinajstić information content (AvgIpc) is 3.60. The van der Waals surface area contributed by atoms with Gasteiger partial charge in [-0.05, 0) is 30.3 Å². The molecule has 0 saturated carbocycles. The fourth-order valence-corrected chi connectivity index (χ4v) is 9.06. The van der Waals surface area contributed by atoms with Gasteiger partial charge in [-0.25, -0.2) is 0 Å². The number of piperidine rings is 1. The van der Waals surface area contributed by atoms with Crippen LogP contribution < -0.4 is 5.32 Å². The molecular weight excluding hydrogens is 524 g/mol. The van der Waals surface area contributed by atoms with Crippen molar-refractivity contribution in [1.82, 2.24) is 9.80 Å². The third-order valence-electron chi connectivity index (χ3n) is 9.05. The number of nitrogens with one attached hydrogen (secondary N) is 1. The van der Waals surface area contributed by atoms with Crippen molar-refractivity contribution in [3.05, 3.63) is 111 Å². The zero-order valence-corrected chi connectivity index (χ0v) is 22.8. The molecule has 0 aromatic heterocycles. The summed E-state index contributed by atoms with van der Waals surface area (Å²) < 4.78 is 0. The molecular formula is C31H28N4O4S. The predicted octanol–water partition coefficient (Wildman–Crippen LogP) is 4.50. The Bertz CT molecular complexity index is 1580. The number of rotatable bonds is 3. The van der Waals surface area contributed by atoms with Gasteiger partial charge in [-0.3, -0.25) is 24.6 Å². The largest absolute Gasteiger partial charge is 0.324 e. The monoisotopic (exact) mass is 552 g/mol. The van der Waals surface area contributed by atoms with Crippen LogP contribution in [0, 0.1) is 15.5 Å². The first-order valence-corrected chi connectivity index (χ1v) is 14.5. The smallest absolute Gasteiger partial charge is 0.269 e. The van der Waals surface area contributed by atoms with Gasteiger partial charge >= 0.3 is 0 Å². The highest BCUT2D eigenvalue weighted by Gasteiger charge is 2.78. The number of carbonyl (C=O) groups excluding carboxylic acids is 2. The van der Waals surface area contributed by atoms with Crippen LogP contribution in [0.5, 0.6) is 0 Å². The lowest BCUT2D eigenvalue weighted by atomic mass is 9.55. The van der Waals surface area contributed by atoms with E-state index in [-0.39, 0.29) is 29.3 Å². The Morgan fingerprint density at radius 1 is 1.05 bits per heavy atom. The van der Waals surface area contributed by atoms with Crippen molar-refractivity contribution in [1.29, 1.82) is 0 Å². The maximum atomic E-state index is 15.2. The summed E-state index contributed by atoms with van der Waals surface area (Å²) in [5.74, 6) is 0.679. The third-order valence-corrected chi connectivity index (χ3v) is 10.1. The lowest BCUT2D eigenvalue weighted by molar-refractivity contribution is -0.385. The van der Waals surface area contributed by atoms with Gasteiger partial charge in [-0.1, -0.05) is 60.7 Å². The van der Waals surface area contributed by atoms with Crippen molar-refractivity contribution >= 4 is 40.9 Å². The highest BCUT2D eigenvalue weighted by molar-refractivity contribution is 7.99. The van der Waals surface area contributed by atoms with Crippen molar-refractivity contribution in [2.75, 3.05) is 37.1 Å². The molecule has 4 atom stereocenters. The molecule has 9 heteroatoms. The molecule has 3 fully saturated rings.